The smallest absolute Gasteiger partial charge is 0.273 e. The first kappa shape index (κ1) is 20.4. The number of amides is 1. The van der Waals surface area contributed by atoms with E-state index in [0.29, 0.717) is 13.1 Å². The molecule has 0 aromatic heterocycles. The fraction of sp³-hybridized carbons (Fsp3) is 0.158. The predicted molar refractivity (Wildman–Crippen MR) is 103 cm³/mol. The summed E-state index contributed by atoms with van der Waals surface area (Å²) in [7, 11) is 1.33. The Balaban J connectivity index is 2.07. The van der Waals surface area contributed by atoms with Crippen LogP contribution in [0.25, 0.3) is 0 Å². The van der Waals surface area contributed by atoms with Gasteiger partial charge in [-0.3, -0.25) is 14.9 Å². The third kappa shape index (κ3) is 5.30. The number of nitrogens with two attached hydrogens (primary N) is 1. The molecule has 28 heavy (non-hydrogen) atoms. The van der Waals surface area contributed by atoms with Gasteiger partial charge in [-0.2, -0.15) is 5.26 Å². The van der Waals surface area contributed by atoms with Crippen LogP contribution in [-0.2, 0) is 17.9 Å². The number of nitro groups is 1. The fourth-order valence-corrected chi connectivity index (χ4v) is 2.37. The number of hydrogen-bond donors (Lipinski definition) is 3. The van der Waals surface area contributed by atoms with Gasteiger partial charge in [-0.05, 0) is 17.2 Å². The fourth-order valence-electron chi connectivity index (χ4n) is 2.37. The molecule has 0 bridgehead atoms. The van der Waals surface area contributed by atoms with Gasteiger partial charge < -0.3 is 21.1 Å². The largest absolute Gasteiger partial charge is 0.494 e. The van der Waals surface area contributed by atoms with Gasteiger partial charge in [-0.15, -0.1) is 0 Å². The van der Waals surface area contributed by atoms with Crippen LogP contribution < -0.4 is 21.1 Å². The number of nitrogens with zero attached hydrogens (tertiary/aromatic N) is 2. The molecule has 1 amide bonds. The van der Waals surface area contributed by atoms with Gasteiger partial charge in [-0.25, -0.2) is 0 Å². The molecule has 2 aromatic rings. The van der Waals surface area contributed by atoms with Gasteiger partial charge in [0.05, 0.1) is 23.8 Å². The molecule has 0 atom stereocenters. The number of carbonyl (C=O) groups excluding carboxylic acids is 1. The van der Waals surface area contributed by atoms with Crippen LogP contribution in [0.15, 0.2) is 54.2 Å². The number of nitriles is 1. The second-order valence-corrected chi connectivity index (χ2v) is 5.67. The minimum absolute atomic E-state index is 0.117. The van der Waals surface area contributed by atoms with Crippen LogP contribution in [0.2, 0.25) is 0 Å². The number of anilines is 1. The van der Waals surface area contributed by atoms with E-state index < -0.39 is 10.8 Å². The van der Waals surface area contributed by atoms with Crippen LogP contribution in [0.4, 0.5) is 11.4 Å². The first-order chi connectivity index (χ1) is 13.5. The van der Waals surface area contributed by atoms with E-state index in [2.05, 4.69) is 10.6 Å². The molecule has 0 unspecified atom stereocenters. The topological polar surface area (TPSA) is 143 Å². The highest BCUT2D eigenvalue weighted by Crippen LogP contribution is 2.29. The molecule has 0 aliphatic rings. The van der Waals surface area contributed by atoms with Crippen LogP contribution in [-0.4, -0.2) is 17.9 Å². The molecule has 9 heteroatoms. The lowest BCUT2D eigenvalue weighted by atomic mass is 10.1. The number of ether oxygens (including phenoxy) is 1. The van der Waals surface area contributed by atoms with E-state index in [4.69, 9.17) is 10.5 Å². The maximum Gasteiger partial charge on any atom is 0.273 e. The quantitative estimate of drug-likeness (QED) is 0.275. The summed E-state index contributed by atoms with van der Waals surface area (Å²) in [5, 5.41) is 25.5. The van der Waals surface area contributed by atoms with E-state index in [0.717, 1.165) is 11.1 Å². The second kappa shape index (κ2) is 9.70. The summed E-state index contributed by atoms with van der Waals surface area (Å²) < 4.78 is 5.06. The molecule has 2 rings (SSSR count). The molecule has 0 saturated heterocycles. The second-order valence-electron chi connectivity index (χ2n) is 5.67. The van der Waals surface area contributed by atoms with Crippen molar-refractivity contribution in [1.29, 1.82) is 5.26 Å². The first-order valence-electron chi connectivity index (χ1n) is 8.23. The Morgan fingerprint density at radius 1 is 1.32 bits per heavy atom. The van der Waals surface area contributed by atoms with Gasteiger partial charge in [0.2, 0.25) is 0 Å². The van der Waals surface area contributed by atoms with Crippen molar-refractivity contribution in [2.45, 2.75) is 13.1 Å². The summed E-state index contributed by atoms with van der Waals surface area (Å²) in [6, 6.07) is 13.2. The molecule has 2 aromatic carbocycles. The van der Waals surface area contributed by atoms with Crippen molar-refractivity contribution in [2.24, 2.45) is 5.73 Å². The highest BCUT2D eigenvalue weighted by atomic mass is 16.6. The minimum atomic E-state index is -0.669. The lowest BCUT2D eigenvalue weighted by Gasteiger charge is -2.10. The van der Waals surface area contributed by atoms with Crippen molar-refractivity contribution in [3.63, 3.8) is 0 Å². The molecule has 144 valence electrons. The molecule has 0 spiro atoms. The van der Waals surface area contributed by atoms with E-state index in [9.17, 15) is 20.2 Å². The van der Waals surface area contributed by atoms with Gasteiger partial charge in [0.15, 0.2) is 0 Å². The summed E-state index contributed by atoms with van der Waals surface area (Å²) in [4.78, 5) is 22.6. The average molecular weight is 381 g/mol. The molecule has 0 aliphatic heterocycles. The highest BCUT2D eigenvalue weighted by molar-refractivity contribution is 6.07. The zero-order valence-corrected chi connectivity index (χ0v) is 15.1. The molecular formula is C19H19N5O4. The Hall–Kier alpha value is -3.90. The van der Waals surface area contributed by atoms with E-state index >= 15 is 0 Å². The lowest BCUT2D eigenvalue weighted by molar-refractivity contribution is -0.384. The maximum atomic E-state index is 12.3. The summed E-state index contributed by atoms with van der Waals surface area (Å²) in [5.41, 5.74) is 7.42. The number of methoxy groups -OCH3 is 1. The third-order valence-corrected chi connectivity index (χ3v) is 3.79. The van der Waals surface area contributed by atoms with E-state index in [-0.39, 0.29) is 22.7 Å². The summed E-state index contributed by atoms with van der Waals surface area (Å²) in [5.74, 6) is -0.552. The predicted octanol–water partition coefficient (Wildman–Crippen LogP) is 2.20. The Morgan fingerprint density at radius 3 is 2.71 bits per heavy atom. The van der Waals surface area contributed by atoms with Crippen LogP contribution in [0, 0.1) is 21.4 Å². The van der Waals surface area contributed by atoms with Crippen molar-refractivity contribution in [2.75, 3.05) is 12.4 Å². The maximum absolute atomic E-state index is 12.3. The average Bonchev–Trinajstić information content (AvgIpc) is 2.71. The van der Waals surface area contributed by atoms with Gasteiger partial charge in [-0.1, -0.05) is 24.3 Å². The van der Waals surface area contributed by atoms with Gasteiger partial charge in [0, 0.05) is 25.4 Å². The van der Waals surface area contributed by atoms with Crippen molar-refractivity contribution in [3.05, 3.63) is 75.5 Å². The Labute approximate surface area is 161 Å². The first-order valence-corrected chi connectivity index (χ1v) is 8.23. The normalized spacial score (nSPS) is 10.7. The monoisotopic (exact) mass is 381 g/mol. The number of nitro benzene ring substituents is 1. The zero-order chi connectivity index (χ0) is 20.5. The molecule has 4 N–H and O–H groups in total. The molecule has 9 nitrogen and oxygen atoms in total. The van der Waals surface area contributed by atoms with Gasteiger partial charge in [0.1, 0.15) is 17.4 Å². The number of nitrogens with one attached hydrogen (secondary N) is 2. The SMILES string of the molecule is COc1cc([N+](=O)[O-])ccc1NC(=O)/C(C#N)=C\NCc1cccc(CN)c1. The Morgan fingerprint density at radius 2 is 2.07 bits per heavy atom. The Bertz CT molecular complexity index is 950. The number of non-ortho nitro benzene ring substituents is 1. The van der Waals surface area contributed by atoms with E-state index in [1.807, 2.05) is 30.3 Å². The van der Waals surface area contributed by atoms with Crippen molar-refractivity contribution >= 4 is 17.3 Å². The lowest BCUT2D eigenvalue weighted by Crippen LogP contribution is -2.17. The summed E-state index contributed by atoms with van der Waals surface area (Å²) in [6.45, 7) is 0.833. The molecule has 0 aliphatic carbocycles. The minimum Gasteiger partial charge on any atom is -0.494 e. The molecule has 0 saturated carbocycles. The zero-order valence-electron chi connectivity index (χ0n) is 15.1. The van der Waals surface area contributed by atoms with Crippen molar-refractivity contribution < 1.29 is 14.5 Å². The van der Waals surface area contributed by atoms with Gasteiger partial charge >= 0.3 is 0 Å². The van der Waals surface area contributed by atoms with E-state index in [1.54, 1.807) is 0 Å². The molecule has 0 heterocycles. The number of carbonyl (C=O) groups is 1. The van der Waals surface area contributed by atoms with Crippen LogP contribution >= 0.6 is 0 Å². The third-order valence-electron chi connectivity index (χ3n) is 3.79. The standard InChI is InChI=1S/C19H19N5O4/c1-28-18-8-16(24(26)27)5-6-17(18)23-19(25)15(10-21)12-22-11-14-4-2-3-13(7-14)9-20/h2-8,12,22H,9,11,20H2,1H3,(H,23,25)/b15-12-. The van der Waals surface area contributed by atoms with E-state index in [1.165, 1.54) is 31.5 Å². The van der Waals surface area contributed by atoms with Crippen molar-refractivity contribution in [3.8, 4) is 11.8 Å². The molecule has 0 fully saturated rings. The van der Waals surface area contributed by atoms with Crippen molar-refractivity contribution in [1.82, 2.24) is 5.32 Å². The number of hydrogen-bond acceptors (Lipinski definition) is 7. The molecular weight excluding hydrogens is 362 g/mol. The summed E-state index contributed by atoms with van der Waals surface area (Å²) >= 11 is 0. The number of benzene rings is 2. The Kier molecular flexibility index (Phi) is 7.07. The molecule has 0 radical (unpaired) electrons. The van der Waals surface area contributed by atoms with Gasteiger partial charge in [0.25, 0.3) is 11.6 Å². The van der Waals surface area contributed by atoms with Crippen LogP contribution in [0.5, 0.6) is 5.75 Å². The highest BCUT2D eigenvalue weighted by Gasteiger charge is 2.15. The number of rotatable bonds is 8. The van der Waals surface area contributed by atoms with Crippen LogP contribution in [0.3, 0.4) is 0 Å². The van der Waals surface area contributed by atoms with Crippen LogP contribution in [0.1, 0.15) is 11.1 Å². The summed E-state index contributed by atoms with van der Waals surface area (Å²) in [6.07, 6.45) is 1.31.